The smallest absolute Gasteiger partial charge is 0.226 e. The van der Waals surface area contributed by atoms with E-state index in [2.05, 4.69) is 5.32 Å². The lowest BCUT2D eigenvalue weighted by atomic mass is 10.1. The molecule has 0 saturated heterocycles. The number of nitrogens with one attached hydrogen (secondary N) is 1. The fourth-order valence-corrected chi connectivity index (χ4v) is 0.736. The van der Waals surface area contributed by atoms with Gasteiger partial charge in [-0.15, -0.1) is 0 Å². The number of hydrogen-bond acceptors (Lipinski definition) is 3. The molecule has 70 valence electrons. The largest absolute Gasteiger partial charge is 0.307 e. The second kappa shape index (κ2) is 5.71. The number of imide groups is 1. The maximum atomic E-state index is 10.8. The zero-order valence-corrected chi connectivity index (χ0v) is 7.83. The quantitative estimate of drug-likeness (QED) is 0.593. The Morgan fingerprint density at radius 2 is 2.17 bits per heavy atom. The highest BCUT2D eigenvalue weighted by Gasteiger charge is 2.07. The molecule has 0 rings (SSSR count). The number of rotatable bonds is 5. The topological polar surface area (TPSA) is 49.4 Å². The molecule has 12 heavy (non-hydrogen) atoms. The van der Waals surface area contributed by atoms with Crippen molar-refractivity contribution in [1.82, 2.24) is 10.2 Å². The molecule has 1 unspecified atom stereocenters. The van der Waals surface area contributed by atoms with Crippen LogP contribution >= 0.6 is 0 Å². The second-order valence-corrected chi connectivity index (χ2v) is 3.04. The van der Waals surface area contributed by atoms with Crippen molar-refractivity contribution >= 4 is 12.3 Å². The third-order valence-corrected chi connectivity index (χ3v) is 1.89. The van der Waals surface area contributed by atoms with Crippen LogP contribution in [0.2, 0.25) is 0 Å². The van der Waals surface area contributed by atoms with Crippen LogP contribution in [-0.4, -0.2) is 37.4 Å². The van der Waals surface area contributed by atoms with Gasteiger partial charge < -0.3 is 4.90 Å². The van der Waals surface area contributed by atoms with E-state index in [1.54, 1.807) is 0 Å². The minimum atomic E-state index is -0.210. The Balaban J connectivity index is 3.53. The van der Waals surface area contributed by atoms with Crippen molar-refractivity contribution in [3.8, 4) is 0 Å². The maximum Gasteiger partial charge on any atom is 0.226 e. The summed E-state index contributed by atoms with van der Waals surface area (Å²) in [5, 5.41) is 2.10. The van der Waals surface area contributed by atoms with E-state index in [1.807, 2.05) is 25.9 Å². The Labute approximate surface area is 72.9 Å². The molecule has 0 aliphatic heterocycles. The van der Waals surface area contributed by atoms with Crippen LogP contribution in [0.3, 0.4) is 0 Å². The van der Waals surface area contributed by atoms with Gasteiger partial charge in [-0.3, -0.25) is 14.9 Å². The minimum absolute atomic E-state index is 0.210. The van der Waals surface area contributed by atoms with Crippen molar-refractivity contribution in [2.24, 2.45) is 0 Å². The van der Waals surface area contributed by atoms with E-state index in [0.29, 0.717) is 18.9 Å². The molecule has 1 atom stereocenters. The first-order valence-electron chi connectivity index (χ1n) is 3.97. The summed E-state index contributed by atoms with van der Waals surface area (Å²) in [6.45, 7) is 2.04. The molecule has 1 N–H and O–H groups in total. The highest BCUT2D eigenvalue weighted by molar-refractivity contribution is 5.85. The van der Waals surface area contributed by atoms with Gasteiger partial charge in [-0.2, -0.15) is 0 Å². The average Bonchev–Trinajstić information content (AvgIpc) is 2.00. The summed E-state index contributed by atoms with van der Waals surface area (Å²) in [7, 11) is 3.92. The van der Waals surface area contributed by atoms with E-state index in [4.69, 9.17) is 0 Å². The lowest BCUT2D eigenvalue weighted by Gasteiger charge is -2.18. The van der Waals surface area contributed by atoms with Crippen LogP contribution in [0.5, 0.6) is 0 Å². The molecule has 0 bridgehead atoms. The normalized spacial score (nSPS) is 12.7. The van der Waals surface area contributed by atoms with E-state index in [0.717, 1.165) is 6.42 Å². The fourth-order valence-electron chi connectivity index (χ4n) is 0.736. The zero-order chi connectivity index (χ0) is 9.56. The molecule has 0 spiro atoms. The summed E-state index contributed by atoms with van der Waals surface area (Å²) in [4.78, 5) is 22.7. The number of amides is 2. The second-order valence-electron chi connectivity index (χ2n) is 3.04. The molecule has 0 aromatic carbocycles. The monoisotopic (exact) mass is 172 g/mol. The first-order chi connectivity index (χ1) is 5.57. The molecule has 2 amide bonds. The minimum Gasteiger partial charge on any atom is -0.307 e. The molecule has 4 nitrogen and oxygen atoms in total. The molecule has 0 aliphatic rings. The van der Waals surface area contributed by atoms with Crippen LogP contribution < -0.4 is 5.32 Å². The standard InChI is InChI=1S/C8H16N2O2/c1-7(10(2)3)4-5-8(12)9-6-11/h6-7H,4-5H2,1-3H3,(H,9,11,12). The Bertz CT molecular complexity index is 157. The lowest BCUT2D eigenvalue weighted by Crippen LogP contribution is -2.28. The van der Waals surface area contributed by atoms with Gasteiger partial charge >= 0.3 is 0 Å². The molecule has 4 heteroatoms. The first kappa shape index (κ1) is 11.1. The van der Waals surface area contributed by atoms with Crippen LogP contribution in [0.1, 0.15) is 19.8 Å². The van der Waals surface area contributed by atoms with Crippen molar-refractivity contribution in [3.05, 3.63) is 0 Å². The number of hydrogen-bond donors (Lipinski definition) is 1. The summed E-state index contributed by atoms with van der Waals surface area (Å²) in [5.41, 5.74) is 0. The van der Waals surface area contributed by atoms with Crippen molar-refractivity contribution < 1.29 is 9.59 Å². The van der Waals surface area contributed by atoms with E-state index in [1.165, 1.54) is 0 Å². The summed E-state index contributed by atoms with van der Waals surface area (Å²) >= 11 is 0. The number of carbonyl (C=O) groups excluding carboxylic acids is 2. The van der Waals surface area contributed by atoms with Gasteiger partial charge in [0.15, 0.2) is 0 Å². The lowest BCUT2D eigenvalue weighted by molar-refractivity contribution is -0.125. The van der Waals surface area contributed by atoms with Crippen molar-refractivity contribution in [2.75, 3.05) is 14.1 Å². The first-order valence-corrected chi connectivity index (χ1v) is 3.97. The van der Waals surface area contributed by atoms with Crippen LogP contribution in [0.25, 0.3) is 0 Å². The average molecular weight is 172 g/mol. The summed E-state index contributed by atoms with van der Waals surface area (Å²) in [5.74, 6) is -0.210. The summed E-state index contributed by atoms with van der Waals surface area (Å²) in [6, 6.07) is 0.363. The predicted octanol–water partition coefficient (Wildman–Crippen LogP) is -0.0107. The Hall–Kier alpha value is -0.900. The van der Waals surface area contributed by atoms with Gasteiger partial charge in [0.25, 0.3) is 0 Å². The zero-order valence-electron chi connectivity index (χ0n) is 7.83. The van der Waals surface area contributed by atoms with Gasteiger partial charge in [0.05, 0.1) is 0 Å². The summed E-state index contributed by atoms with van der Waals surface area (Å²) in [6.07, 6.45) is 1.59. The highest BCUT2D eigenvalue weighted by Crippen LogP contribution is 2.01. The SMILES string of the molecule is CC(CCC(=O)NC=O)N(C)C. The van der Waals surface area contributed by atoms with Gasteiger partial charge in [-0.25, -0.2) is 0 Å². The molecular weight excluding hydrogens is 156 g/mol. The van der Waals surface area contributed by atoms with Crippen LogP contribution in [0, 0.1) is 0 Å². The third kappa shape index (κ3) is 4.85. The van der Waals surface area contributed by atoms with Crippen LogP contribution in [0.15, 0.2) is 0 Å². The van der Waals surface area contributed by atoms with E-state index in [9.17, 15) is 9.59 Å². The van der Waals surface area contributed by atoms with Gasteiger partial charge in [-0.1, -0.05) is 0 Å². The van der Waals surface area contributed by atoms with Crippen molar-refractivity contribution in [1.29, 1.82) is 0 Å². The molecule has 0 fully saturated rings. The van der Waals surface area contributed by atoms with Gasteiger partial charge in [0, 0.05) is 12.5 Å². The van der Waals surface area contributed by atoms with Gasteiger partial charge in [0.1, 0.15) is 0 Å². The van der Waals surface area contributed by atoms with Crippen molar-refractivity contribution in [3.63, 3.8) is 0 Å². The van der Waals surface area contributed by atoms with Gasteiger partial charge in [0.2, 0.25) is 12.3 Å². The van der Waals surface area contributed by atoms with E-state index in [-0.39, 0.29) is 5.91 Å². The van der Waals surface area contributed by atoms with Crippen LogP contribution in [-0.2, 0) is 9.59 Å². The number of carbonyl (C=O) groups is 2. The maximum absolute atomic E-state index is 10.8. The molecular formula is C8H16N2O2. The summed E-state index contributed by atoms with van der Waals surface area (Å²) < 4.78 is 0. The molecule has 0 heterocycles. The van der Waals surface area contributed by atoms with Gasteiger partial charge in [-0.05, 0) is 27.4 Å². The molecule has 0 radical (unpaired) electrons. The van der Waals surface area contributed by atoms with Crippen molar-refractivity contribution in [2.45, 2.75) is 25.8 Å². The Morgan fingerprint density at radius 3 is 2.58 bits per heavy atom. The molecule has 0 saturated carbocycles. The predicted molar refractivity (Wildman–Crippen MR) is 46.6 cm³/mol. The van der Waals surface area contributed by atoms with E-state index < -0.39 is 0 Å². The van der Waals surface area contributed by atoms with Crippen LogP contribution in [0.4, 0.5) is 0 Å². The Morgan fingerprint density at radius 1 is 1.58 bits per heavy atom. The fraction of sp³-hybridized carbons (Fsp3) is 0.750. The van der Waals surface area contributed by atoms with E-state index >= 15 is 0 Å². The highest BCUT2D eigenvalue weighted by atomic mass is 16.2. The third-order valence-electron chi connectivity index (χ3n) is 1.89. The molecule has 0 aliphatic carbocycles. The molecule has 0 aromatic heterocycles. The Kier molecular flexibility index (Phi) is 5.28. The molecule has 0 aromatic rings. The number of nitrogens with zero attached hydrogens (tertiary/aromatic N) is 1.